The average molecular weight is 312 g/mol. The molecule has 0 fully saturated rings. The topological polar surface area (TPSA) is 89.3 Å². The van der Waals surface area contributed by atoms with E-state index in [-0.39, 0.29) is 11.5 Å². The number of aromatic amines is 1. The molecule has 2 heterocycles. The molecule has 1 N–H and O–H groups in total. The molecule has 0 atom stereocenters. The molecule has 0 saturated carbocycles. The monoisotopic (exact) mass is 312 g/mol. The summed E-state index contributed by atoms with van der Waals surface area (Å²) in [5, 5.41) is 3.95. The number of esters is 1. The fraction of sp³-hybridized carbons (Fsp3) is 0.250. The highest BCUT2D eigenvalue weighted by Gasteiger charge is 2.18. The Balaban J connectivity index is 2.20. The lowest BCUT2D eigenvalue weighted by molar-refractivity contribution is 0.0601. The predicted octanol–water partition coefficient (Wildman–Crippen LogP) is 1.99. The van der Waals surface area contributed by atoms with Gasteiger partial charge in [0.1, 0.15) is 6.33 Å². The molecule has 0 aliphatic rings. The van der Waals surface area contributed by atoms with Crippen molar-refractivity contribution >= 4 is 11.7 Å². The largest absolute Gasteiger partial charge is 0.465 e. The Hall–Kier alpha value is -2.96. The molecule has 1 aromatic carbocycles. The Morgan fingerprint density at radius 1 is 1.26 bits per heavy atom. The number of hydrogen-bond acceptors (Lipinski definition) is 5. The Morgan fingerprint density at radius 3 is 2.57 bits per heavy atom. The number of H-pyrrole nitrogens is 1. The summed E-state index contributed by atoms with van der Waals surface area (Å²) in [6.07, 6.45) is 1.33. The van der Waals surface area contributed by atoms with Crippen LogP contribution in [0, 0.1) is 0 Å². The van der Waals surface area contributed by atoms with Gasteiger partial charge in [0.2, 0.25) is 5.78 Å². The summed E-state index contributed by atoms with van der Waals surface area (Å²) in [7, 11) is 1.34. The molecule has 2 aromatic heterocycles. The van der Waals surface area contributed by atoms with Gasteiger partial charge >= 0.3 is 5.97 Å². The van der Waals surface area contributed by atoms with Crippen LogP contribution >= 0.6 is 0 Å². The third-order valence-corrected chi connectivity index (χ3v) is 3.65. The first-order valence-corrected chi connectivity index (χ1v) is 7.17. The van der Waals surface area contributed by atoms with Crippen molar-refractivity contribution in [1.82, 2.24) is 19.6 Å². The number of hydrogen-bond donors (Lipinski definition) is 1. The zero-order valence-corrected chi connectivity index (χ0v) is 13.0. The summed E-state index contributed by atoms with van der Waals surface area (Å²) < 4.78 is 5.94. The van der Waals surface area contributed by atoms with E-state index in [1.165, 1.54) is 18.0 Å². The number of nitrogens with zero attached hydrogens (tertiary/aromatic N) is 3. The minimum Gasteiger partial charge on any atom is -0.465 e. The van der Waals surface area contributed by atoms with E-state index in [2.05, 4.69) is 15.1 Å². The number of methoxy groups -OCH3 is 1. The fourth-order valence-electron chi connectivity index (χ4n) is 2.53. The van der Waals surface area contributed by atoms with Crippen LogP contribution < -0.4 is 5.56 Å². The summed E-state index contributed by atoms with van der Waals surface area (Å²) in [5.41, 5.74) is 2.35. The molecular weight excluding hydrogens is 296 g/mol. The number of aromatic nitrogens is 4. The molecule has 7 nitrogen and oxygen atoms in total. The van der Waals surface area contributed by atoms with Gasteiger partial charge in [-0.3, -0.25) is 4.79 Å². The molecule has 3 aromatic rings. The molecule has 0 unspecified atom stereocenters. The molecule has 0 aliphatic heterocycles. The number of rotatable bonds is 3. The van der Waals surface area contributed by atoms with Gasteiger partial charge in [0.05, 0.1) is 18.4 Å². The highest BCUT2D eigenvalue weighted by atomic mass is 16.5. The predicted molar refractivity (Wildman–Crippen MR) is 84.5 cm³/mol. The van der Waals surface area contributed by atoms with Crippen molar-refractivity contribution in [2.45, 2.75) is 19.8 Å². The van der Waals surface area contributed by atoms with Gasteiger partial charge < -0.3 is 9.72 Å². The zero-order chi connectivity index (χ0) is 16.6. The molecule has 0 radical (unpaired) electrons. The van der Waals surface area contributed by atoms with E-state index in [9.17, 15) is 9.59 Å². The summed E-state index contributed by atoms with van der Waals surface area (Å²) in [6.45, 7) is 3.89. The molecule has 23 heavy (non-hydrogen) atoms. The number of carbonyl (C=O) groups excluding carboxylic acids is 1. The maximum Gasteiger partial charge on any atom is 0.337 e. The Bertz CT molecular complexity index is 923. The van der Waals surface area contributed by atoms with E-state index in [0.29, 0.717) is 22.6 Å². The Morgan fingerprint density at radius 2 is 1.96 bits per heavy atom. The lowest BCUT2D eigenvalue weighted by atomic mass is 9.98. The van der Waals surface area contributed by atoms with Gasteiger partial charge in [0, 0.05) is 5.56 Å². The van der Waals surface area contributed by atoms with Crippen molar-refractivity contribution in [2.24, 2.45) is 0 Å². The molecule has 0 amide bonds. The van der Waals surface area contributed by atoms with Gasteiger partial charge in [-0.2, -0.15) is 14.6 Å². The van der Waals surface area contributed by atoms with Crippen molar-refractivity contribution in [3.8, 4) is 11.3 Å². The smallest absolute Gasteiger partial charge is 0.337 e. The maximum atomic E-state index is 12.6. The normalized spacial score (nSPS) is 11.1. The SMILES string of the molecule is COC(=O)c1ccc(-c2[nH]c3ncnn3c(=O)c2C(C)C)cc1. The van der Waals surface area contributed by atoms with Crippen molar-refractivity contribution in [2.75, 3.05) is 7.11 Å². The minimum atomic E-state index is -0.401. The average Bonchev–Trinajstić information content (AvgIpc) is 3.02. The van der Waals surface area contributed by atoms with Crippen LogP contribution in [0.5, 0.6) is 0 Å². The maximum absolute atomic E-state index is 12.6. The van der Waals surface area contributed by atoms with Crippen LogP contribution in [0.15, 0.2) is 35.4 Å². The molecule has 7 heteroatoms. The highest BCUT2D eigenvalue weighted by molar-refractivity contribution is 5.90. The van der Waals surface area contributed by atoms with Crippen LogP contribution in [0.1, 0.15) is 35.7 Å². The number of fused-ring (bicyclic) bond motifs is 1. The molecule has 0 aliphatic carbocycles. The second-order valence-corrected chi connectivity index (χ2v) is 5.44. The van der Waals surface area contributed by atoms with E-state index >= 15 is 0 Å². The summed E-state index contributed by atoms with van der Waals surface area (Å²) in [5.74, 6) is -0.0175. The first kappa shape index (κ1) is 15.0. The van der Waals surface area contributed by atoms with Crippen molar-refractivity contribution < 1.29 is 9.53 Å². The first-order valence-electron chi connectivity index (χ1n) is 7.17. The second kappa shape index (κ2) is 5.68. The van der Waals surface area contributed by atoms with Crippen molar-refractivity contribution in [3.63, 3.8) is 0 Å². The molecule has 0 spiro atoms. The van der Waals surface area contributed by atoms with Gasteiger partial charge in [-0.05, 0) is 23.6 Å². The van der Waals surface area contributed by atoms with Crippen LogP contribution in [0.3, 0.4) is 0 Å². The van der Waals surface area contributed by atoms with Crippen LogP contribution in [0.4, 0.5) is 0 Å². The summed E-state index contributed by atoms with van der Waals surface area (Å²) in [6, 6.07) is 6.88. The van der Waals surface area contributed by atoms with Crippen LogP contribution in [0.2, 0.25) is 0 Å². The van der Waals surface area contributed by atoms with Crippen LogP contribution in [-0.4, -0.2) is 32.7 Å². The second-order valence-electron chi connectivity index (χ2n) is 5.44. The van der Waals surface area contributed by atoms with Gasteiger partial charge in [0.15, 0.2) is 0 Å². The molecule has 3 rings (SSSR count). The Labute approximate surface area is 131 Å². The van der Waals surface area contributed by atoms with Gasteiger partial charge in [-0.1, -0.05) is 26.0 Å². The quantitative estimate of drug-likeness (QED) is 0.747. The van der Waals surface area contributed by atoms with Gasteiger partial charge in [-0.15, -0.1) is 0 Å². The number of nitrogens with one attached hydrogen (secondary N) is 1. The number of carbonyl (C=O) groups is 1. The highest BCUT2D eigenvalue weighted by Crippen LogP contribution is 2.25. The number of benzene rings is 1. The third-order valence-electron chi connectivity index (χ3n) is 3.65. The summed E-state index contributed by atoms with van der Waals surface area (Å²) in [4.78, 5) is 31.3. The van der Waals surface area contributed by atoms with Gasteiger partial charge in [0.25, 0.3) is 5.56 Å². The van der Waals surface area contributed by atoms with Crippen molar-refractivity contribution in [3.05, 3.63) is 52.1 Å². The van der Waals surface area contributed by atoms with E-state index in [1.807, 2.05) is 13.8 Å². The molecule has 0 saturated heterocycles. The minimum absolute atomic E-state index is 0.00244. The number of ether oxygens (including phenoxy) is 1. The van der Waals surface area contributed by atoms with E-state index in [4.69, 9.17) is 4.74 Å². The molecule has 118 valence electrons. The Kier molecular flexibility index (Phi) is 3.69. The van der Waals surface area contributed by atoms with Crippen LogP contribution in [0.25, 0.3) is 17.0 Å². The van der Waals surface area contributed by atoms with Gasteiger partial charge in [-0.25, -0.2) is 4.79 Å². The fourth-order valence-corrected chi connectivity index (χ4v) is 2.53. The van der Waals surface area contributed by atoms with E-state index in [1.54, 1.807) is 24.3 Å². The molecular formula is C16H16N4O3. The first-order chi connectivity index (χ1) is 11.0. The standard InChI is InChI=1S/C16H16N4O3/c1-9(2)12-13(19-16-17-8-18-20(16)14(12)21)10-4-6-11(7-5-10)15(22)23-3/h4-9H,1-3H3,(H,17,18,19). The van der Waals surface area contributed by atoms with Crippen LogP contribution in [-0.2, 0) is 4.74 Å². The third kappa shape index (κ3) is 2.50. The lowest BCUT2D eigenvalue weighted by Gasteiger charge is -2.12. The van der Waals surface area contributed by atoms with Crippen molar-refractivity contribution in [1.29, 1.82) is 0 Å². The lowest BCUT2D eigenvalue weighted by Crippen LogP contribution is -2.22. The van der Waals surface area contributed by atoms with E-state index in [0.717, 1.165) is 5.56 Å². The zero-order valence-electron chi connectivity index (χ0n) is 13.0. The summed E-state index contributed by atoms with van der Waals surface area (Å²) >= 11 is 0. The molecule has 0 bridgehead atoms. The van der Waals surface area contributed by atoms with E-state index < -0.39 is 5.97 Å².